The molecular weight excluding hydrogens is 263 g/mol. The first-order valence-electron chi connectivity index (χ1n) is 5.98. The Morgan fingerprint density at radius 1 is 1.50 bits per heavy atom. The number of benzene rings is 1. The van der Waals surface area contributed by atoms with E-state index in [-0.39, 0.29) is 17.9 Å². The van der Waals surface area contributed by atoms with Crippen molar-refractivity contribution in [3.63, 3.8) is 0 Å². The molecular formula is C13H15FN4O2. The Balaban J connectivity index is 2.22. The molecule has 1 aromatic heterocycles. The lowest BCUT2D eigenvalue weighted by molar-refractivity contribution is 0.0773. The number of ether oxygens (including phenoxy) is 1. The Kier molecular flexibility index (Phi) is 3.97. The largest absolute Gasteiger partial charge is 0.496 e. The van der Waals surface area contributed by atoms with Gasteiger partial charge in [-0.05, 0) is 19.1 Å². The number of rotatable bonds is 4. The molecule has 0 saturated carbocycles. The Bertz CT molecular complexity index is 627. The normalized spacial score (nSPS) is 10.4. The van der Waals surface area contributed by atoms with Gasteiger partial charge in [0.2, 0.25) is 0 Å². The summed E-state index contributed by atoms with van der Waals surface area (Å²) in [4.78, 5) is 17.7. The van der Waals surface area contributed by atoms with Gasteiger partial charge in [-0.25, -0.2) is 9.37 Å². The first-order chi connectivity index (χ1) is 9.52. The summed E-state index contributed by atoms with van der Waals surface area (Å²) in [6.45, 7) is 1.94. The number of carbonyl (C=O) groups is 1. The fraction of sp³-hybridized carbons (Fsp3) is 0.308. The van der Waals surface area contributed by atoms with Crippen molar-refractivity contribution in [1.29, 1.82) is 0 Å². The fourth-order valence-electron chi connectivity index (χ4n) is 1.82. The molecule has 106 valence electrons. The summed E-state index contributed by atoms with van der Waals surface area (Å²) in [5.41, 5.74) is -0.0928. The summed E-state index contributed by atoms with van der Waals surface area (Å²) in [6, 6.07) is 4.26. The van der Waals surface area contributed by atoms with Gasteiger partial charge in [0.25, 0.3) is 5.91 Å². The van der Waals surface area contributed by atoms with E-state index in [0.29, 0.717) is 11.6 Å². The highest BCUT2D eigenvalue weighted by molar-refractivity contribution is 5.97. The number of aromatic nitrogens is 3. The topological polar surface area (TPSA) is 71.1 Å². The van der Waals surface area contributed by atoms with Crippen molar-refractivity contribution in [1.82, 2.24) is 20.1 Å². The fourth-order valence-corrected chi connectivity index (χ4v) is 1.82. The third-order valence-electron chi connectivity index (χ3n) is 2.78. The molecule has 0 aliphatic rings. The molecule has 0 aliphatic heterocycles. The first kappa shape index (κ1) is 14.0. The van der Waals surface area contributed by atoms with Gasteiger partial charge in [-0.15, -0.1) is 0 Å². The van der Waals surface area contributed by atoms with Gasteiger partial charge in [0.05, 0.1) is 13.7 Å². The maximum absolute atomic E-state index is 13.8. The zero-order valence-corrected chi connectivity index (χ0v) is 11.5. The van der Waals surface area contributed by atoms with Crippen LogP contribution in [-0.4, -0.2) is 40.1 Å². The smallest absolute Gasteiger partial charge is 0.260 e. The van der Waals surface area contributed by atoms with Gasteiger partial charge in [0.15, 0.2) is 5.82 Å². The lowest BCUT2D eigenvalue weighted by Crippen LogP contribution is -2.28. The number of carbonyl (C=O) groups excluding carboxylic acids is 1. The molecule has 0 radical (unpaired) electrons. The number of hydrogen-bond acceptors (Lipinski definition) is 4. The van der Waals surface area contributed by atoms with E-state index in [1.807, 2.05) is 0 Å². The average Bonchev–Trinajstić information content (AvgIpc) is 2.82. The zero-order chi connectivity index (χ0) is 14.7. The molecule has 0 unspecified atom stereocenters. The minimum absolute atomic E-state index is 0.0928. The predicted molar refractivity (Wildman–Crippen MR) is 69.9 cm³/mol. The standard InChI is InChI=1S/C13H15FN4O2/c1-8-15-11(17-16-8)7-18(2)13(19)12-9(14)5-4-6-10(12)20-3/h4-6H,7H2,1-3H3,(H,15,16,17). The van der Waals surface area contributed by atoms with E-state index in [9.17, 15) is 9.18 Å². The van der Waals surface area contributed by atoms with Crippen LogP contribution in [-0.2, 0) is 6.54 Å². The number of methoxy groups -OCH3 is 1. The monoisotopic (exact) mass is 278 g/mol. The molecule has 0 atom stereocenters. The van der Waals surface area contributed by atoms with Crippen molar-refractivity contribution >= 4 is 5.91 Å². The molecule has 2 aromatic rings. The molecule has 2 rings (SSSR count). The number of amides is 1. The first-order valence-corrected chi connectivity index (χ1v) is 5.98. The molecule has 1 heterocycles. The van der Waals surface area contributed by atoms with E-state index in [1.165, 1.54) is 24.1 Å². The van der Waals surface area contributed by atoms with E-state index >= 15 is 0 Å². The Labute approximate surface area is 115 Å². The number of nitrogens with zero attached hydrogens (tertiary/aromatic N) is 3. The number of aromatic amines is 1. The Morgan fingerprint density at radius 2 is 2.25 bits per heavy atom. The van der Waals surface area contributed by atoms with Crippen LogP contribution < -0.4 is 4.74 Å². The van der Waals surface area contributed by atoms with Crippen molar-refractivity contribution in [2.24, 2.45) is 0 Å². The van der Waals surface area contributed by atoms with Gasteiger partial charge >= 0.3 is 0 Å². The van der Waals surface area contributed by atoms with Crippen molar-refractivity contribution in [3.05, 3.63) is 41.2 Å². The maximum atomic E-state index is 13.8. The van der Waals surface area contributed by atoms with Crippen LogP contribution in [0.4, 0.5) is 4.39 Å². The van der Waals surface area contributed by atoms with Crippen molar-refractivity contribution in [3.8, 4) is 5.75 Å². The van der Waals surface area contributed by atoms with Crippen LogP contribution in [0.25, 0.3) is 0 Å². The van der Waals surface area contributed by atoms with Crippen LogP contribution in [0.1, 0.15) is 22.0 Å². The number of H-pyrrole nitrogens is 1. The van der Waals surface area contributed by atoms with Crippen LogP contribution in [0.3, 0.4) is 0 Å². The molecule has 6 nitrogen and oxygen atoms in total. The summed E-state index contributed by atoms with van der Waals surface area (Å²) < 4.78 is 18.9. The molecule has 1 amide bonds. The average molecular weight is 278 g/mol. The van der Waals surface area contributed by atoms with Crippen molar-refractivity contribution < 1.29 is 13.9 Å². The number of halogens is 1. The van der Waals surface area contributed by atoms with Gasteiger partial charge in [0.1, 0.15) is 23.0 Å². The second-order valence-corrected chi connectivity index (χ2v) is 4.32. The summed E-state index contributed by atoms with van der Waals surface area (Å²) in [5.74, 6) is 0.223. The highest BCUT2D eigenvalue weighted by Gasteiger charge is 2.21. The van der Waals surface area contributed by atoms with E-state index in [0.717, 1.165) is 0 Å². The third-order valence-corrected chi connectivity index (χ3v) is 2.78. The van der Waals surface area contributed by atoms with Crippen LogP contribution in [0.5, 0.6) is 5.75 Å². The number of aryl methyl sites for hydroxylation is 1. The van der Waals surface area contributed by atoms with Gasteiger partial charge in [0, 0.05) is 7.05 Å². The predicted octanol–water partition coefficient (Wildman–Crippen LogP) is 1.53. The van der Waals surface area contributed by atoms with Crippen LogP contribution >= 0.6 is 0 Å². The molecule has 7 heteroatoms. The number of hydrogen-bond donors (Lipinski definition) is 1. The van der Waals surface area contributed by atoms with Crippen molar-refractivity contribution in [2.75, 3.05) is 14.2 Å². The number of nitrogens with one attached hydrogen (secondary N) is 1. The molecule has 0 saturated heterocycles. The van der Waals surface area contributed by atoms with Crippen LogP contribution in [0, 0.1) is 12.7 Å². The van der Waals surface area contributed by atoms with Crippen LogP contribution in [0.2, 0.25) is 0 Å². The second-order valence-electron chi connectivity index (χ2n) is 4.32. The summed E-state index contributed by atoms with van der Waals surface area (Å²) in [7, 11) is 2.95. The lowest BCUT2D eigenvalue weighted by atomic mass is 10.1. The minimum Gasteiger partial charge on any atom is -0.496 e. The molecule has 1 N–H and O–H groups in total. The lowest BCUT2D eigenvalue weighted by Gasteiger charge is -2.17. The molecule has 0 spiro atoms. The summed E-state index contributed by atoms with van der Waals surface area (Å²) >= 11 is 0. The highest BCUT2D eigenvalue weighted by atomic mass is 19.1. The molecule has 1 aromatic carbocycles. The van der Waals surface area contributed by atoms with Gasteiger partial charge < -0.3 is 9.64 Å². The van der Waals surface area contributed by atoms with Crippen molar-refractivity contribution in [2.45, 2.75) is 13.5 Å². The summed E-state index contributed by atoms with van der Waals surface area (Å²) in [6.07, 6.45) is 0. The van der Waals surface area contributed by atoms with E-state index < -0.39 is 11.7 Å². The van der Waals surface area contributed by atoms with E-state index in [4.69, 9.17) is 4.74 Å². The Hall–Kier alpha value is -2.44. The SMILES string of the molecule is COc1cccc(F)c1C(=O)N(C)Cc1n[nH]c(C)n1. The zero-order valence-electron chi connectivity index (χ0n) is 11.5. The van der Waals surface area contributed by atoms with Gasteiger partial charge in [-0.1, -0.05) is 6.07 Å². The van der Waals surface area contributed by atoms with Gasteiger partial charge in [-0.2, -0.15) is 5.10 Å². The van der Waals surface area contributed by atoms with Gasteiger partial charge in [-0.3, -0.25) is 9.89 Å². The molecule has 20 heavy (non-hydrogen) atoms. The molecule has 0 aliphatic carbocycles. The second kappa shape index (κ2) is 5.68. The minimum atomic E-state index is -0.618. The maximum Gasteiger partial charge on any atom is 0.260 e. The van der Waals surface area contributed by atoms with E-state index in [1.54, 1.807) is 20.0 Å². The summed E-state index contributed by atoms with van der Waals surface area (Å²) in [5, 5.41) is 6.63. The molecule has 0 fully saturated rings. The molecule has 0 bridgehead atoms. The quantitative estimate of drug-likeness (QED) is 0.920. The van der Waals surface area contributed by atoms with E-state index in [2.05, 4.69) is 15.2 Å². The highest BCUT2D eigenvalue weighted by Crippen LogP contribution is 2.22. The van der Waals surface area contributed by atoms with Crippen LogP contribution in [0.15, 0.2) is 18.2 Å². The third kappa shape index (κ3) is 2.76. The Morgan fingerprint density at radius 3 is 2.85 bits per heavy atom.